The number of hydrogen-bond donors (Lipinski definition) is 2. The average Bonchev–Trinajstić information content (AvgIpc) is 1.83. The molecular formula is C7H11ClO2. The fraction of sp³-hybridized carbons (Fsp3) is 0.714. The van der Waals surface area contributed by atoms with Crippen LogP contribution < -0.4 is 0 Å². The van der Waals surface area contributed by atoms with Gasteiger partial charge in [0.2, 0.25) is 0 Å². The number of aliphatic hydroxyl groups is 2. The Bertz CT molecular complexity index is 163. The summed E-state index contributed by atoms with van der Waals surface area (Å²) >= 11 is 5.60. The van der Waals surface area contributed by atoms with Crippen molar-refractivity contribution in [3.05, 3.63) is 11.1 Å². The van der Waals surface area contributed by atoms with Gasteiger partial charge in [0.25, 0.3) is 0 Å². The van der Waals surface area contributed by atoms with Crippen LogP contribution in [0.5, 0.6) is 0 Å². The maximum Gasteiger partial charge on any atom is 0.118 e. The van der Waals surface area contributed by atoms with Crippen molar-refractivity contribution in [2.24, 2.45) is 0 Å². The first-order valence-electron chi connectivity index (χ1n) is 3.30. The van der Waals surface area contributed by atoms with Crippen molar-refractivity contribution in [1.82, 2.24) is 0 Å². The van der Waals surface area contributed by atoms with Crippen LogP contribution in [-0.4, -0.2) is 21.9 Å². The van der Waals surface area contributed by atoms with E-state index < -0.39 is 11.7 Å². The quantitative estimate of drug-likeness (QED) is 0.558. The largest absolute Gasteiger partial charge is 0.387 e. The maximum absolute atomic E-state index is 9.44. The smallest absolute Gasteiger partial charge is 0.118 e. The van der Waals surface area contributed by atoms with E-state index in [1.54, 1.807) is 13.0 Å². The van der Waals surface area contributed by atoms with Crippen molar-refractivity contribution in [3.8, 4) is 0 Å². The van der Waals surface area contributed by atoms with Crippen molar-refractivity contribution in [2.45, 2.75) is 31.5 Å². The molecule has 58 valence electrons. The summed E-state index contributed by atoms with van der Waals surface area (Å²) in [7, 11) is 0. The van der Waals surface area contributed by atoms with Gasteiger partial charge in [-0.3, -0.25) is 0 Å². The fourth-order valence-corrected chi connectivity index (χ4v) is 1.39. The van der Waals surface area contributed by atoms with Gasteiger partial charge in [-0.25, -0.2) is 0 Å². The Hall–Kier alpha value is -0.0500. The molecule has 0 bridgehead atoms. The Morgan fingerprint density at radius 3 is 2.80 bits per heavy atom. The first kappa shape index (κ1) is 8.05. The summed E-state index contributed by atoms with van der Waals surface area (Å²) in [6, 6.07) is 0. The first-order chi connectivity index (χ1) is 4.54. The van der Waals surface area contributed by atoms with Crippen LogP contribution in [0.4, 0.5) is 0 Å². The third-order valence-electron chi connectivity index (χ3n) is 1.84. The average molecular weight is 163 g/mol. The van der Waals surface area contributed by atoms with E-state index in [4.69, 9.17) is 11.6 Å². The molecule has 0 aromatic heterocycles. The molecule has 2 atom stereocenters. The highest BCUT2D eigenvalue weighted by molar-refractivity contribution is 6.30. The van der Waals surface area contributed by atoms with Gasteiger partial charge < -0.3 is 10.2 Å². The van der Waals surface area contributed by atoms with Gasteiger partial charge in [0.1, 0.15) is 6.10 Å². The number of halogens is 1. The molecule has 0 radical (unpaired) electrons. The van der Waals surface area contributed by atoms with E-state index in [1.807, 2.05) is 0 Å². The lowest BCUT2D eigenvalue weighted by Crippen LogP contribution is -2.41. The molecule has 3 heteroatoms. The van der Waals surface area contributed by atoms with Crippen molar-refractivity contribution in [2.75, 3.05) is 0 Å². The van der Waals surface area contributed by atoms with E-state index in [1.165, 1.54) is 0 Å². The zero-order chi connectivity index (χ0) is 7.78. The third kappa shape index (κ3) is 1.34. The lowest BCUT2D eigenvalue weighted by molar-refractivity contribution is -0.0495. The van der Waals surface area contributed by atoms with Crippen LogP contribution in [-0.2, 0) is 0 Å². The van der Waals surface area contributed by atoms with Crippen LogP contribution in [0.1, 0.15) is 19.8 Å². The highest BCUT2D eigenvalue weighted by Gasteiger charge is 2.34. The molecule has 0 heterocycles. The van der Waals surface area contributed by atoms with Crippen LogP contribution in [0.15, 0.2) is 11.1 Å². The Labute approximate surface area is 65.1 Å². The first-order valence-corrected chi connectivity index (χ1v) is 3.68. The highest BCUT2D eigenvalue weighted by Crippen LogP contribution is 2.29. The lowest BCUT2D eigenvalue weighted by atomic mass is 9.88. The molecular weight excluding hydrogens is 152 g/mol. The topological polar surface area (TPSA) is 40.5 Å². The minimum absolute atomic E-state index is 0.358. The second kappa shape index (κ2) is 2.53. The fourth-order valence-electron chi connectivity index (χ4n) is 1.05. The van der Waals surface area contributed by atoms with E-state index in [0.717, 1.165) is 6.42 Å². The third-order valence-corrected chi connectivity index (χ3v) is 2.20. The van der Waals surface area contributed by atoms with Crippen LogP contribution >= 0.6 is 11.6 Å². The molecule has 0 amide bonds. The Kier molecular flexibility index (Phi) is 2.04. The second-order valence-corrected chi connectivity index (χ2v) is 3.32. The number of allylic oxidation sites excluding steroid dienone is 1. The predicted molar refractivity (Wildman–Crippen MR) is 39.8 cm³/mol. The van der Waals surface area contributed by atoms with Crippen molar-refractivity contribution in [3.63, 3.8) is 0 Å². The zero-order valence-electron chi connectivity index (χ0n) is 5.84. The molecule has 0 aliphatic heterocycles. The highest BCUT2D eigenvalue weighted by atomic mass is 35.5. The van der Waals surface area contributed by atoms with Crippen LogP contribution in [0.2, 0.25) is 0 Å². The zero-order valence-corrected chi connectivity index (χ0v) is 6.60. The summed E-state index contributed by atoms with van der Waals surface area (Å²) < 4.78 is 0. The molecule has 0 saturated heterocycles. The van der Waals surface area contributed by atoms with Crippen molar-refractivity contribution in [1.29, 1.82) is 0 Å². The van der Waals surface area contributed by atoms with E-state index in [-0.39, 0.29) is 0 Å². The van der Waals surface area contributed by atoms with Gasteiger partial charge in [-0.2, -0.15) is 0 Å². The number of rotatable bonds is 0. The summed E-state index contributed by atoms with van der Waals surface area (Å²) in [6.45, 7) is 1.59. The van der Waals surface area contributed by atoms with Gasteiger partial charge in [-0.1, -0.05) is 17.7 Å². The van der Waals surface area contributed by atoms with Crippen LogP contribution in [0, 0.1) is 0 Å². The molecule has 1 rings (SSSR count). The van der Waals surface area contributed by atoms with Crippen LogP contribution in [0.3, 0.4) is 0 Å². The molecule has 10 heavy (non-hydrogen) atoms. The summed E-state index contributed by atoms with van der Waals surface area (Å²) in [4.78, 5) is 0. The normalized spacial score (nSPS) is 41.2. The van der Waals surface area contributed by atoms with E-state index in [0.29, 0.717) is 11.5 Å². The Morgan fingerprint density at radius 2 is 2.40 bits per heavy atom. The second-order valence-electron chi connectivity index (χ2n) is 2.89. The minimum Gasteiger partial charge on any atom is -0.387 e. The Morgan fingerprint density at radius 1 is 1.80 bits per heavy atom. The van der Waals surface area contributed by atoms with Gasteiger partial charge in [0.05, 0.1) is 5.60 Å². The van der Waals surface area contributed by atoms with E-state index in [9.17, 15) is 10.2 Å². The van der Waals surface area contributed by atoms with Gasteiger partial charge in [-0.15, -0.1) is 0 Å². The van der Waals surface area contributed by atoms with Gasteiger partial charge >= 0.3 is 0 Å². The van der Waals surface area contributed by atoms with Gasteiger partial charge in [0.15, 0.2) is 0 Å². The van der Waals surface area contributed by atoms with Crippen LogP contribution in [0.25, 0.3) is 0 Å². The molecule has 1 aliphatic carbocycles. The van der Waals surface area contributed by atoms with Crippen molar-refractivity contribution >= 4 is 11.6 Å². The number of aliphatic hydroxyl groups excluding tert-OH is 1. The minimum atomic E-state index is -1.04. The number of hydrogen-bond acceptors (Lipinski definition) is 2. The lowest BCUT2D eigenvalue weighted by Gasteiger charge is -2.31. The molecule has 0 aromatic carbocycles. The summed E-state index contributed by atoms with van der Waals surface area (Å²) in [5.74, 6) is 0. The van der Waals surface area contributed by atoms with E-state index in [2.05, 4.69) is 0 Å². The molecule has 2 N–H and O–H groups in total. The van der Waals surface area contributed by atoms with Gasteiger partial charge in [0, 0.05) is 5.03 Å². The predicted octanol–water partition coefficient (Wildman–Crippen LogP) is 1.01. The summed E-state index contributed by atoms with van der Waals surface area (Å²) in [6.07, 6.45) is 2.15. The SMILES string of the molecule is C[C@@]1(O)CCC=C(Cl)[C@H]1O. The standard InChI is InChI=1S/C7H11ClO2/c1-7(10)4-2-3-5(8)6(7)9/h3,6,9-10H,2,4H2,1H3/t6-,7-/m1/s1. The molecule has 0 fully saturated rings. The summed E-state index contributed by atoms with van der Waals surface area (Å²) in [5, 5.41) is 19.1. The van der Waals surface area contributed by atoms with Crippen molar-refractivity contribution < 1.29 is 10.2 Å². The molecule has 1 aliphatic rings. The molecule has 0 saturated carbocycles. The Balaban J connectivity index is 2.78. The van der Waals surface area contributed by atoms with Gasteiger partial charge in [-0.05, 0) is 19.8 Å². The molecule has 0 unspecified atom stereocenters. The molecule has 2 nitrogen and oxygen atoms in total. The van der Waals surface area contributed by atoms with E-state index >= 15 is 0 Å². The molecule has 0 spiro atoms. The monoisotopic (exact) mass is 162 g/mol. The maximum atomic E-state index is 9.44. The molecule has 0 aromatic rings. The summed E-state index contributed by atoms with van der Waals surface area (Å²) in [5.41, 5.74) is -1.04.